The molecule has 0 spiro atoms. The Morgan fingerprint density at radius 2 is 2.27 bits per heavy atom. The monoisotopic (exact) mass is 359 g/mol. The zero-order valence-electron chi connectivity index (χ0n) is 16.4. The second-order valence-electron chi connectivity index (χ2n) is 5.83. The van der Waals surface area contributed by atoms with Gasteiger partial charge in [-0.1, -0.05) is 6.08 Å². The second-order valence-corrected chi connectivity index (χ2v) is 5.83. The smallest absolute Gasteiger partial charge is 0.325 e. The number of ether oxygens (including phenoxy) is 1. The van der Waals surface area contributed by atoms with Crippen LogP contribution in [-0.2, 0) is 20.9 Å². The molecule has 1 amide bonds. The minimum absolute atomic E-state index is 0.160. The van der Waals surface area contributed by atoms with Gasteiger partial charge in [0.15, 0.2) is 0 Å². The third-order valence-electron chi connectivity index (χ3n) is 3.93. The predicted octanol–water partition coefficient (Wildman–Crippen LogP) is 2.49. The van der Waals surface area contributed by atoms with Crippen LogP contribution >= 0.6 is 0 Å². The maximum atomic E-state index is 12.5. The number of hydrogen-bond donors (Lipinski definition) is 0. The van der Waals surface area contributed by atoms with Gasteiger partial charge in [-0.05, 0) is 32.8 Å². The first-order chi connectivity index (χ1) is 13.0. The molecule has 0 aliphatic rings. The summed E-state index contributed by atoms with van der Waals surface area (Å²) >= 11 is 0. The van der Waals surface area contributed by atoms with Gasteiger partial charge < -0.3 is 14.2 Å². The van der Waals surface area contributed by atoms with E-state index in [-0.39, 0.29) is 25.6 Å². The number of esters is 1. The van der Waals surface area contributed by atoms with Crippen LogP contribution < -0.4 is 0 Å². The molecular formula is C19H26N4O3. The normalized spacial score (nSPS) is 12.5. The first-order valence-corrected chi connectivity index (χ1v) is 8.72. The van der Waals surface area contributed by atoms with Crippen LogP contribution in [0.15, 0.2) is 31.1 Å². The van der Waals surface area contributed by atoms with Gasteiger partial charge in [0.05, 0.1) is 18.3 Å². The number of imidazole rings is 1. The highest BCUT2D eigenvalue weighted by molar-refractivity contribution is 5.82. The van der Waals surface area contributed by atoms with E-state index in [1.165, 1.54) is 4.90 Å². The van der Waals surface area contributed by atoms with E-state index < -0.39 is 12.4 Å². The number of pyridine rings is 1. The number of hydrogen-bond acceptors (Lipinski definition) is 5. The number of carbonyl (C=O) groups is 2. The Kier molecular flexibility index (Phi) is 6.75. The molecule has 7 heteroatoms. The molecule has 7 nitrogen and oxygen atoms in total. The largest absolute Gasteiger partial charge is 0.465 e. The first-order valence-electron chi connectivity index (χ1n) is 9.30. The van der Waals surface area contributed by atoms with Gasteiger partial charge in [0, 0.05) is 27.1 Å². The third-order valence-corrected chi connectivity index (χ3v) is 3.93. The van der Waals surface area contributed by atoms with Crippen LogP contribution in [0.1, 0.15) is 33.4 Å². The third kappa shape index (κ3) is 5.15. The molecule has 1 unspecified atom stereocenters. The average Bonchev–Trinajstić information content (AvgIpc) is 2.96. The molecule has 140 valence electrons. The molecule has 0 saturated heterocycles. The molecule has 0 aliphatic carbocycles. The van der Waals surface area contributed by atoms with E-state index in [1.807, 2.05) is 13.0 Å². The summed E-state index contributed by atoms with van der Waals surface area (Å²) < 4.78 is 15.1. The molecule has 0 bridgehead atoms. The van der Waals surface area contributed by atoms with Crippen molar-refractivity contribution in [2.75, 3.05) is 19.7 Å². The summed E-state index contributed by atoms with van der Waals surface area (Å²) in [6.45, 7) is 8.21. The highest BCUT2D eigenvalue weighted by atomic mass is 16.5. The number of aromatic nitrogens is 3. The molecule has 0 aromatic carbocycles. The first kappa shape index (κ1) is 18.1. The molecule has 0 saturated carbocycles. The Morgan fingerprint density at radius 3 is 3.00 bits per heavy atom. The van der Waals surface area contributed by atoms with E-state index in [1.54, 1.807) is 25.4 Å². The topological polar surface area (TPSA) is 77.3 Å². The van der Waals surface area contributed by atoms with Crippen LogP contribution in [0.5, 0.6) is 0 Å². The predicted molar refractivity (Wildman–Crippen MR) is 99.5 cm³/mol. The van der Waals surface area contributed by atoms with E-state index in [0.29, 0.717) is 19.4 Å². The fourth-order valence-electron chi connectivity index (χ4n) is 2.74. The summed E-state index contributed by atoms with van der Waals surface area (Å²) in [5, 5.41) is 0. The summed E-state index contributed by atoms with van der Waals surface area (Å²) in [7, 11) is 0. The lowest BCUT2D eigenvalue weighted by Crippen LogP contribution is -2.36. The molecule has 2 aromatic rings. The summed E-state index contributed by atoms with van der Waals surface area (Å²) in [4.78, 5) is 34.0. The molecule has 0 radical (unpaired) electrons. The number of amides is 1. The van der Waals surface area contributed by atoms with Crippen molar-refractivity contribution in [3.63, 3.8) is 0 Å². The van der Waals surface area contributed by atoms with E-state index in [4.69, 9.17) is 6.11 Å². The lowest BCUT2D eigenvalue weighted by molar-refractivity contribution is -0.148. The van der Waals surface area contributed by atoms with Crippen LogP contribution in [0.4, 0.5) is 0 Å². The second kappa shape index (κ2) is 9.70. The van der Waals surface area contributed by atoms with Gasteiger partial charge in [-0.25, -0.2) is 4.98 Å². The molecule has 1 atom stereocenters. The molecule has 26 heavy (non-hydrogen) atoms. The van der Waals surface area contributed by atoms with E-state index in [0.717, 1.165) is 16.9 Å². The molecular weight excluding hydrogens is 332 g/mol. The fourth-order valence-corrected chi connectivity index (χ4v) is 2.74. The standard InChI is InChI=1S/C19H26N4O3/c1-4-11-22(14-19(25)26-5-2)18(24)8-6-7-12-23-15(3)21-16-13-20-10-9-17(16)23/h4,9-10,13H,1,5-8,11-12,14H2,2-3H3/i8D. The van der Waals surface area contributed by atoms with Gasteiger partial charge in [-0.2, -0.15) is 0 Å². The van der Waals surface area contributed by atoms with Crippen molar-refractivity contribution in [3.05, 3.63) is 36.9 Å². The van der Waals surface area contributed by atoms with Gasteiger partial charge in [0.2, 0.25) is 5.91 Å². The van der Waals surface area contributed by atoms with Crippen molar-refractivity contribution in [2.24, 2.45) is 0 Å². The molecule has 2 aromatic heterocycles. The van der Waals surface area contributed by atoms with Gasteiger partial charge in [-0.15, -0.1) is 6.58 Å². The van der Waals surface area contributed by atoms with Gasteiger partial charge in [-0.3, -0.25) is 14.6 Å². The minimum Gasteiger partial charge on any atom is -0.465 e. The number of aryl methyl sites for hydroxylation is 2. The maximum absolute atomic E-state index is 12.5. The molecule has 0 fully saturated rings. The van der Waals surface area contributed by atoms with Crippen LogP contribution in [-0.4, -0.2) is 51.0 Å². The number of fused-ring (bicyclic) bond motifs is 1. The Morgan fingerprint density at radius 1 is 1.46 bits per heavy atom. The summed E-state index contributed by atoms with van der Waals surface area (Å²) in [5.74, 6) is 0.00911. The van der Waals surface area contributed by atoms with Crippen molar-refractivity contribution < 1.29 is 15.7 Å². The lowest BCUT2D eigenvalue weighted by Gasteiger charge is -2.20. The van der Waals surface area contributed by atoms with Crippen LogP contribution in [0, 0.1) is 6.92 Å². The minimum atomic E-state index is -0.934. The van der Waals surface area contributed by atoms with Crippen molar-refractivity contribution in [3.8, 4) is 0 Å². The number of carbonyl (C=O) groups excluding carboxylic acids is 2. The Hall–Kier alpha value is -2.70. The van der Waals surface area contributed by atoms with E-state index in [9.17, 15) is 9.59 Å². The lowest BCUT2D eigenvalue weighted by atomic mass is 10.2. The highest BCUT2D eigenvalue weighted by Crippen LogP contribution is 2.15. The summed E-state index contributed by atoms with van der Waals surface area (Å²) in [5.41, 5.74) is 1.83. The van der Waals surface area contributed by atoms with E-state index >= 15 is 0 Å². The van der Waals surface area contributed by atoms with Crippen LogP contribution in [0.25, 0.3) is 11.0 Å². The quantitative estimate of drug-likeness (QED) is 0.481. The molecule has 0 N–H and O–H groups in total. The summed E-state index contributed by atoms with van der Waals surface area (Å²) in [6, 6.07) is 1.91. The van der Waals surface area contributed by atoms with Gasteiger partial charge in [0.25, 0.3) is 0 Å². The van der Waals surface area contributed by atoms with Crippen LogP contribution in [0.3, 0.4) is 0 Å². The van der Waals surface area contributed by atoms with Crippen LogP contribution in [0.2, 0.25) is 0 Å². The van der Waals surface area contributed by atoms with Crippen molar-refractivity contribution >= 4 is 22.9 Å². The van der Waals surface area contributed by atoms with E-state index in [2.05, 4.69) is 21.1 Å². The zero-order valence-corrected chi connectivity index (χ0v) is 15.4. The van der Waals surface area contributed by atoms with Crippen molar-refractivity contribution in [2.45, 2.75) is 39.6 Å². The van der Waals surface area contributed by atoms with Crippen molar-refractivity contribution in [1.29, 1.82) is 0 Å². The number of rotatable bonds is 10. The number of nitrogens with zero attached hydrogens (tertiary/aromatic N) is 4. The van der Waals surface area contributed by atoms with Crippen molar-refractivity contribution in [1.82, 2.24) is 19.4 Å². The Bertz CT molecular complexity index is 805. The van der Waals surface area contributed by atoms with Gasteiger partial charge >= 0.3 is 5.97 Å². The van der Waals surface area contributed by atoms with Gasteiger partial charge in [0.1, 0.15) is 17.9 Å². The fraction of sp³-hybridized carbons (Fsp3) is 0.474. The summed E-state index contributed by atoms with van der Waals surface area (Å²) in [6.07, 6.45) is 5.09. The Balaban J connectivity index is 1.93. The average molecular weight is 359 g/mol. The molecule has 2 rings (SSSR count). The molecule has 2 heterocycles. The molecule has 0 aliphatic heterocycles. The maximum Gasteiger partial charge on any atom is 0.325 e. The SMILES string of the molecule is [2H]C(CCCn1c(C)nc2cnccc21)C(=O)N(CC=C)CC(=O)OCC. The Labute approximate surface area is 155 Å². The zero-order chi connectivity index (χ0) is 19.8. The highest BCUT2D eigenvalue weighted by Gasteiger charge is 2.16.